The molecule has 14 heavy (non-hydrogen) atoms. The molecule has 0 heteroatoms. The lowest BCUT2D eigenvalue weighted by Crippen LogP contribution is -2.35. The van der Waals surface area contributed by atoms with Gasteiger partial charge in [0.25, 0.3) is 0 Å². The lowest BCUT2D eigenvalue weighted by molar-refractivity contribution is 0.0520. The van der Waals surface area contributed by atoms with E-state index in [0.717, 1.165) is 23.7 Å². The van der Waals surface area contributed by atoms with Gasteiger partial charge in [0.15, 0.2) is 0 Å². The molecule has 0 saturated heterocycles. The maximum Gasteiger partial charge on any atom is -0.0383 e. The van der Waals surface area contributed by atoms with Crippen molar-refractivity contribution in [3.05, 3.63) is 0 Å². The Balaban J connectivity index is 1.68. The number of hydrogen-bond donors (Lipinski definition) is 0. The van der Waals surface area contributed by atoms with E-state index in [4.69, 9.17) is 0 Å². The molecule has 3 saturated carbocycles. The van der Waals surface area contributed by atoms with Crippen LogP contribution < -0.4 is 0 Å². The van der Waals surface area contributed by atoms with Crippen LogP contribution in [0.4, 0.5) is 0 Å². The third-order valence-electron chi connectivity index (χ3n) is 5.34. The van der Waals surface area contributed by atoms with Crippen LogP contribution in [0, 0.1) is 23.7 Å². The average molecular weight is 192 g/mol. The number of fused-ring (bicyclic) bond motifs is 2. The maximum atomic E-state index is 1.62. The topological polar surface area (TPSA) is 0 Å². The van der Waals surface area contributed by atoms with Crippen LogP contribution in [0.3, 0.4) is 0 Å². The van der Waals surface area contributed by atoms with Gasteiger partial charge in [-0.05, 0) is 36.5 Å². The largest absolute Gasteiger partial charge is 0.0530 e. The fourth-order valence-corrected chi connectivity index (χ4v) is 4.59. The minimum Gasteiger partial charge on any atom is -0.0530 e. The fourth-order valence-electron chi connectivity index (χ4n) is 4.59. The minimum absolute atomic E-state index is 1.16. The summed E-state index contributed by atoms with van der Waals surface area (Å²) in [5.41, 5.74) is 0. The second-order valence-corrected chi connectivity index (χ2v) is 6.08. The molecule has 0 bridgehead atoms. The SMILES string of the molecule is C1CC[C@@H]2C[C@@H]3CCCC[C@H]3C[C@H]2C1. The third kappa shape index (κ3) is 1.61. The van der Waals surface area contributed by atoms with Crippen LogP contribution in [0.1, 0.15) is 64.2 Å². The van der Waals surface area contributed by atoms with Gasteiger partial charge in [-0.3, -0.25) is 0 Å². The first-order chi connectivity index (χ1) is 6.93. The van der Waals surface area contributed by atoms with Crippen molar-refractivity contribution < 1.29 is 0 Å². The van der Waals surface area contributed by atoms with Gasteiger partial charge in [-0.2, -0.15) is 0 Å². The fraction of sp³-hybridized carbons (Fsp3) is 1.00. The summed E-state index contributed by atoms with van der Waals surface area (Å²) in [6, 6.07) is 0. The molecule has 0 nitrogen and oxygen atoms in total. The van der Waals surface area contributed by atoms with Gasteiger partial charge in [-0.1, -0.05) is 51.4 Å². The minimum atomic E-state index is 1.16. The predicted octanol–water partition coefficient (Wildman–Crippen LogP) is 4.39. The van der Waals surface area contributed by atoms with Crippen molar-refractivity contribution in [1.82, 2.24) is 0 Å². The standard InChI is InChI=1S/C14H24/c1-2-6-12-10-14-8-4-3-7-13(14)9-11(12)5-1/h11-14H,1-10H2/t11-,12-,13+,14+. The first-order valence-electron chi connectivity index (χ1n) is 6.93. The van der Waals surface area contributed by atoms with Crippen molar-refractivity contribution in [3.8, 4) is 0 Å². The zero-order chi connectivity index (χ0) is 9.38. The number of hydrogen-bond acceptors (Lipinski definition) is 0. The van der Waals surface area contributed by atoms with E-state index in [0.29, 0.717) is 0 Å². The normalized spacial score (nSPS) is 48.0. The van der Waals surface area contributed by atoms with Crippen LogP contribution in [-0.4, -0.2) is 0 Å². The Morgan fingerprint density at radius 1 is 0.429 bits per heavy atom. The molecular weight excluding hydrogens is 168 g/mol. The van der Waals surface area contributed by atoms with E-state index < -0.39 is 0 Å². The van der Waals surface area contributed by atoms with Crippen molar-refractivity contribution >= 4 is 0 Å². The summed E-state index contributed by atoms with van der Waals surface area (Å²) in [5.74, 6) is 4.62. The van der Waals surface area contributed by atoms with E-state index in [1.54, 1.807) is 64.2 Å². The Morgan fingerprint density at radius 3 is 1.00 bits per heavy atom. The van der Waals surface area contributed by atoms with E-state index >= 15 is 0 Å². The summed E-state index contributed by atoms with van der Waals surface area (Å²) >= 11 is 0. The van der Waals surface area contributed by atoms with Crippen LogP contribution in [-0.2, 0) is 0 Å². The van der Waals surface area contributed by atoms with Crippen LogP contribution in [0.5, 0.6) is 0 Å². The molecule has 3 rings (SSSR count). The van der Waals surface area contributed by atoms with Crippen molar-refractivity contribution in [2.45, 2.75) is 64.2 Å². The summed E-state index contributed by atoms with van der Waals surface area (Å²) in [6.07, 6.45) is 15.7. The molecule has 0 unspecified atom stereocenters. The Labute approximate surface area is 88.5 Å². The molecule has 3 aliphatic carbocycles. The van der Waals surface area contributed by atoms with Crippen molar-refractivity contribution in [2.75, 3.05) is 0 Å². The molecule has 0 heterocycles. The Kier molecular flexibility index (Phi) is 2.55. The van der Waals surface area contributed by atoms with Crippen molar-refractivity contribution in [3.63, 3.8) is 0 Å². The van der Waals surface area contributed by atoms with E-state index in [1.165, 1.54) is 0 Å². The van der Waals surface area contributed by atoms with Crippen molar-refractivity contribution in [2.24, 2.45) is 23.7 Å². The second kappa shape index (κ2) is 3.87. The number of rotatable bonds is 0. The van der Waals surface area contributed by atoms with Gasteiger partial charge in [-0.25, -0.2) is 0 Å². The zero-order valence-corrected chi connectivity index (χ0v) is 9.38. The third-order valence-corrected chi connectivity index (χ3v) is 5.34. The molecule has 0 aromatic carbocycles. The first-order valence-corrected chi connectivity index (χ1v) is 6.93. The predicted molar refractivity (Wildman–Crippen MR) is 60.1 cm³/mol. The highest BCUT2D eigenvalue weighted by Crippen LogP contribution is 2.49. The average Bonchev–Trinajstić information content (AvgIpc) is 2.26. The zero-order valence-electron chi connectivity index (χ0n) is 9.38. The smallest absolute Gasteiger partial charge is 0.0383 e. The summed E-state index contributed by atoms with van der Waals surface area (Å²) < 4.78 is 0. The van der Waals surface area contributed by atoms with Gasteiger partial charge in [0.2, 0.25) is 0 Å². The van der Waals surface area contributed by atoms with Gasteiger partial charge >= 0.3 is 0 Å². The van der Waals surface area contributed by atoms with Gasteiger partial charge < -0.3 is 0 Å². The monoisotopic (exact) mass is 192 g/mol. The molecular formula is C14H24. The molecule has 0 amide bonds. The van der Waals surface area contributed by atoms with Crippen LogP contribution in [0.2, 0.25) is 0 Å². The lowest BCUT2D eigenvalue weighted by Gasteiger charge is -2.46. The van der Waals surface area contributed by atoms with Crippen LogP contribution in [0.15, 0.2) is 0 Å². The van der Waals surface area contributed by atoms with E-state index in [2.05, 4.69) is 0 Å². The molecule has 0 aliphatic heterocycles. The highest BCUT2D eigenvalue weighted by Gasteiger charge is 2.38. The molecule has 0 aromatic heterocycles. The van der Waals surface area contributed by atoms with Crippen molar-refractivity contribution in [1.29, 1.82) is 0 Å². The molecule has 3 aliphatic rings. The Morgan fingerprint density at radius 2 is 0.714 bits per heavy atom. The van der Waals surface area contributed by atoms with Crippen LogP contribution >= 0.6 is 0 Å². The quantitative estimate of drug-likeness (QED) is 0.534. The molecule has 80 valence electrons. The second-order valence-electron chi connectivity index (χ2n) is 6.08. The van der Waals surface area contributed by atoms with E-state index in [1.807, 2.05) is 0 Å². The van der Waals surface area contributed by atoms with Gasteiger partial charge in [0.05, 0.1) is 0 Å². The van der Waals surface area contributed by atoms with Gasteiger partial charge in [-0.15, -0.1) is 0 Å². The summed E-state index contributed by atoms with van der Waals surface area (Å²) in [5, 5.41) is 0. The van der Waals surface area contributed by atoms with Crippen LogP contribution in [0.25, 0.3) is 0 Å². The molecule has 0 radical (unpaired) electrons. The summed E-state index contributed by atoms with van der Waals surface area (Å²) in [4.78, 5) is 0. The summed E-state index contributed by atoms with van der Waals surface area (Å²) in [6.45, 7) is 0. The summed E-state index contributed by atoms with van der Waals surface area (Å²) in [7, 11) is 0. The van der Waals surface area contributed by atoms with Gasteiger partial charge in [0.1, 0.15) is 0 Å². The molecule has 3 fully saturated rings. The molecule has 4 atom stereocenters. The van der Waals surface area contributed by atoms with E-state index in [-0.39, 0.29) is 0 Å². The highest BCUT2D eigenvalue weighted by molar-refractivity contribution is 4.89. The lowest BCUT2D eigenvalue weighted by atomic mass is 9.60. The maximum absolute atomic E-state index is 1.62. The Bertz CT molecular complexity index is 154. The van der Waals surface area contributed by atoms with Gasteiger partial charge in [0, 0.05) is 0 Å². The molecule has 0 spiro atoms. The molecule has 0 N–H and O–H groups in total. The highest BCUT2D eigenvalue weighted by atomic mass is 14.4. The Hall–Kier alpha value is 0. The first kappa shape index (κ1) is 9.24. The molecule has 0 aromatic rings. The van der Waals surface area contributed by atoms with E-state index in [9.17, 15) is 0 Å².